The van der Waals surface area contributed by atoms with Gasteiger partial charge in [0.15, 0.2) is 0 Å². The molecule has 1 N–H and O–H groups in total. The van der Waals surface area contributed by atoms with Gasteiger partial charge in [0.2, 0.25) is 5.71 Å². The van der Waals surface area contributed by atoms with Crippen molar-refractivity contribution in [1.29, 1.82) is 0 Å². The maximum atomic E-state index is 12.3. The lowest BCUT2D eigenvalue weighted by molar-refractivity contribution is -0.519. The summed E-state index contributed by atoms with van der Waals surface area (Å²) in [5.41, 5.74) is 4.76. The Labute approximate surface area is 233 Å². The number of pyridine rings is 1. The highest BCUT2D eigenvalue weighted by atomic mass is 16.5. The highest BCUT2D eigenvalue weighted by Crippen LogP contribution is 2.40. The summed E-state index contributed by atoms with van der Waals surface area (Å²) in [6.45, 7) is 16.8. The van der Waals surface area contributed by atoms with Crippen molar-refractivity contribution in [3.63, 3.8) is 0 Å². The predicted octanol–water partition coefficient (Wildman–Crippen LogP) is 6.45. The van der Waals surface area contributed by atoms with Gasteiger partial charge in [0.05, 0.1) is 30.5 Å². The molecule has 0 bridgehead atoms. The van der Waals surface area contributed by atoms with Gasteiger partial charge in [-0.1, -0.05) is 7.43 Å². The molecule has 1 aromatic carbocycles. The van der Waals surface area contributed by atoms with Crippen LogP contribution in [0.2, 0.25) is 0 Å². The van der Waals surface area contributed by atoms with Crippen LogP contribution in [0.4, 0.5) is 5.69 Å². The molecule has 0 atom stereocenters. The maximum Gasteiger partial charge on any atom is 0.337 e. The number of ether oxygens (including phenoxy) is 2. The van der Waals surface area contributed by atoms with Crippen molar-refractivity contribution in [2.24, 2.45) is 0 Å². The summed E-state index contributed by atoms with van der Waals surface area (Å²) >= 11 is 0. The van der Waals surface area contributed by atoms with Crippen LogP contribution in [-0.2, 0) is 4.74 Å². The Morgan fingerprint density at radius 1 is 0.949 bits per heavy atom. The lowest BCUT2D eigenvalue weighted by Gasteiger charge is -2.25. The van der Waals surface area contributed by atoms with Gasteiger partial charge in [0, 0.05) is 53.8 Å². The molecule has 1 heterocycles. The molecule has 1 aliphatic rings. The number of rotatable bonds is 12. The largest absolute Gasteiger partial charge is 0.493 e. The zero-order valence-corrected chi connectivity index (χ0v) is 23.5. The van der Waals surface area contributed by atoms with Gasteiger partial charge in [0.25, 0.3) is 0 Å². The summed E-state index contributed by atoms with van der Waals surface area (Å²) in [7, 11) is 0. The zero-order valence-electron chi connectivity index (χ0n) is 23.5. The fourth-order valence-corrected chi connectivity index (χ4v) is 4.73. The van der Waals surface area contributed by atoms with Crippen LogP contribution in [0.5, 0.6) is 5.75 Å². The van der Waals surface area contributed by atoms with Gasteiger partial charge >= 0.3 is 5.97 Å². The van der Waals surface area contributed by atoms with Crippen LogP contribution in [0.1, 0.15) is 70.6 Å². The smallest absolute Gasteiger partial charge is 0.337 e. The summed E-state index contributed by atoms with van der Waals surface area (Å²) in [4.78, 5) is 19.2. The molecule has 0 aliphatic heterocycles. The van der Waals surface area contributed by atoms with Crippen LogP contribution >= 0.6 is 0 Å². The Kier molecular flexibility index (Phi) is 12.0. The van der Waals surface area contributed by atoms with Crippen molar-refractivity contribution in [3.8, 4) is 5.75 Å². The Hall–Kier alpha value is -3.87. The fraction of sp³-hybridized carbons (Fsp3) is 0.406. The number of carbonyl (C=O) groups is 1. The third kappa shape index (κ3) is 6.96. The molecule has 1 aromatic heterocycles. The summed E-state index contributed by atoms with van der Waals surface area (Å²) in [5, 5.41) is 10.1. The summed E-state index contributed by atoms with van der Waals surface area (Å²) < 4.78 is 14.6. The van der Waals surface area contributed by atoms with Crippen LogP contribution in [0.25, 0.3) is 5.57 Å². The van der Waals surface area contributed by atoms with E-state index in [4.69, 9.17) is 9.47 Å². The molecule has 210 valence electrons. The highest BCUT2D eigenvalue weighted by Gasteiger charge is 2.27. The van der Waals surface area contributed by atoms with E-state index in [0.29, 0.717) is 36.0 Å². The lowest BCUT2D eigenvalue weighted by atomic mass is 9.89. The quantitative estimate of drug-likeness (QED) is 0.316. The minimum Gasteiger partial charge on any atom is -0.493 e. The maximum absolute atomic E-state index is 12.3. The Balaban J connectivity index is 0.00000533. The number of nitrogens with zero attached hydrogens (tertiary/aromatic N) is 3. The van der Waals surface area contributed by atoms with Crippen LogP contribution in [0, 0.1) is 0 Å². The van der Waals surface area contributed by atoms with E-state index in [0.717, 1.165) is 48.7 Å². The van der Waals surface area contributed by atoms with Gasteiger partial charge in [-0.2, -0.15) is 0 Å². The number of aromatic nitrogens is 1. The average molecular weight is 535 g/mol. The van der Waals surface area contributed by atoms with Crippen molar-refractivity contribution in [2.75, 3.05) is 44.3 Å². The standard InChI is InChI=1S/C31H39N3O4.CH4/c1-7-33(8-2)22-15-17-24(27(20-22)37-11-5)29(30-26(31(35)36)14-13-19-32-30)25-18-16-23(34(9-3)10-4)21-28(25)38-12-6;/h13-21H,7-12H2,1-6H3;1H4/p+1. The van der Waals surface area contributed by atoms with Gasteiger partial charge in [-0.05, 0) is 71.9 Å². The van der Waals surface area contributed by atoms with Gasteiger partial charge in [-0.15, -0.1) is 0 Å². The second-order valence-corrected chi connectivity index (χ2v) is 8.65. The van der Waals surface area contributed by atoms with Gasteiger partial charge in [0.1, 0.15) is 24.6 Å². The monoisotopic (exact) mass is 534 g/mol. The van der Waals surface area contributed by atoms with E-state index < -0.39 is 5.97 Å². The molecule has 0 saturated carbocycles. The van der Waals surface area contributed by atoms with Gasteiger partial charge in [-0.25, -0.2) is 9.37 Å². The Morgan fingerprint density at radius 2 is 1.64 bits per heavy atom. The van der Waals surface area contributed by atoms with Crippen LogP contribution in [0.3, 0.4) is 0 Å². The first-order valence-corrected chi connectivity index (χ1v) is 13.5. The molecule has 1 aliphatic carbocycles. The van der Waals surface area contributed by atoms with E-state index in [2.05, 4.69) is 54.3 Å². The molecule has 0 fully saturated rings. The van der Waals surface area contributed by atoms with Crippen molar-refractivity contribution in [2.45, 2.75) is 49.0 Å². The van der Waals surface area contributed by atoms with Crippen molar-refractivity contribution < 1.29 is 24.0 Å². The van der Waals surface area contributed by atoms with E-state index in [1.165, 1.54) is 0 Å². The van der Waals surface area contributed by atoms with E-state index in [-0.39, 0.29) is 13.0 Å². The van der Waals surface area contributed by atoms with E-state index in [1.807, 2.05) is 38.1 Å². The number of carboxylic acid groups (broad SMARTS) is 1. The Morgan fingerprint density at radius 3 is 2.23 bits per heavy atom. The molecule has 0 saturated heterocycles. The number of benzene rings is 1. The molecule has 2 aromatic rings. The first-order chi connectivity index (χ1) is 18.4. The predicted molar refractivity (Wildman–Crippen MR) is 160 cm³/mol. The molecule has 0 amide bonds. The second kappa shape index (κ2) is 14.9. The lowest BCUT2D eigenvalue weighted by Crippen LogP contribution is -2.22. The zero-order chi connectivity index (χ0) is 27.7. The second-order valence-electron chi connectivity index (χ2n) is 8.65. The van der Waals surface area contributed by atoms with Crippen molar-refractivity contribution in [1.82, 2.24) is 4.98 Å². The molecule has 3 rings (SSSR count). The Bertz CT molecular complexity index is 1260. The number of anilines is 1. The average Bonchev–Trinajstić information content (AvgIpc) is 2.93. The van der Waals surface area contributed by atoms with E-state index in [1.54, 1.807) is 18.3 Å². The molecule has 39 heavy (non-hydrogen) atoms. The number of aromatic carboxylic acids is 1. The van der Waals surface area contributed by atoms with E-state index >= 15 is 0 Å². The number of carboxylic acids is 1. The van der Waals surface area contributed by atoms with Crippen LogP contribution in [0.15, 0.2) is 66.1 Å². The molecule has 0 radical (unpaired) electrons. The van der Waals surface area contributed by atoms with Gasteiger partial charge in [-0.3, -0.25) is 4.98 Å². The van der Waals surface area contributed by atoms with Gasteiger partial charge < -0.3 is 19.5 Å². The topological polar surface area (TPSA) is 74.9 Å². The minimum atomic E-state index is -1.04. The highest BCUT2D eigenvalue weighted by molar-refractivity contribution is 6.06. The summed E-state index contributed by atoms with van der Waals surface area (Å²) in [5.74, 6) is 0.300. The van der Waals surface area contributed by atoms with Crippen LogP contribution < -0.4 is 9.64 Å². The molecular formula is C32H44N3O4+. The first-order valence-electron chi connectivity index (χ1n) is 13.5. The molecule has 0 spiro atoms. The molecule has 7 nitrogen and oxygen atoms in total. The summed E-state index contributed by atoms with van der Waals surface area (Å²) in [6, 6.07) is 9.31. The summed E-state index contributed by atoms with van der Waals surface area (Å²) in [6.07, 6.45) is 7.71. The number of hydrogen-bond acceptors (Lipinski definition) is 5. The minimum absolute atomic E-state index is 0. The SMILES string of the molecule is C.CCOC1=CC(=[N+](CC)CC)C=CC1=C(c1ccc(N(CC)CC)cc1OCC)c1ncccc1C(=O)O. The normalized spacial score (nSPS) is 13.8. The third-order valence-electron chi connectivity index (χ3n) is 6.60. The van der Waals surface area contributed by atoms with Crippen LogP contribution in [-0.4, -0.2) is 65.7 Å². The number of allylic oxidation sites excluding steroid dienone is 3. The fourth-order valence-electron chi connectivity index (χ4n) is 4.73. The molecule has 7 heteroatoms. The van der Waals surface area contributed by atoms with Crippen molar-refractivity contribution >= 4 is 22.9 Å². The first kappa shape index (κ1) is 31.3. The third-order valence-corrected chi connectivity index (χ3v) is 6.60. The van der Waals surface area contributed by atoms with E-state index in [9.17, 15) is 9.90 Å². The molecule has 0 unspecified atom stereocenters. The van der Waals surface area contributed by atoms with Crippen molar-refractivity contribution in [3.05, 3.63) is 82.9 Å². The molecular weight excluding hydrogens is 490 g/mol. The number of hydrogen-bond donors (Lipinski definition) is 1.